The molecule has 0 radical (unpaired) electrons. The van der Waals surface area contributed by atoms with Crippen LogP contribution >= 0.6 is 35.0 Å². The fourth-order valence-electron chi connectivity index (χ4n) is 3.50. The monoisotopic (exact) mass is 456 g/mol. The zero-order chi connectivity index (χ0) is 19.9. The molecule has 1 fully saturated rings. The zero-order valence-electron chi connectivity index (χ0n) is 15.0. The van der Waals surface area contributed by atoms with Gasteiger partial charge in [0.25, 0.3) is 0 Å². The van der Waals surface area contributed by atoms with Crippen molar-refractivity contribution in [3.05, 3.63) is 58.1 Å². The van der Waals surface area contributed by atoms with Gasteiger partial charge in [-0.25, -0.2) is 8.42 Å². The van der Waals surface area contributed by atoms with Crippen LogP contribution in [0.5, 0.6) is 5.75 Å². The molecule has 2 aliphatic heterocycles. The summed E-state index contributed by atoms with van der Waals surface area (Å²) in [4.78, 5) is 6.74. The summed E-state index contributed by atoms with van der Waals surface area (Å²) in [5, 5.41) is 1.98. The number of aliphatic imine (C=N–C) groups is 1. The Bertz CT molecular complexity index is 1020. The van der Waals surface area contributed by atoms with Crippen molar-refractivity contribution in [3.63, 3.8) is 0 Å². The molecule has 9 heteroatoms. The summed E-state index contributed by atoms with van der Waals surface area (Å²) in [7, 11) is -1.49. The van der Waals surface area contributed by atoms with Crippen molar-refractivity contribution in [1.82, 2.24) is 0 Å². The number of hydrogen-bond donors (Lipinski definition) is 0. The van der Waals surface area contributed by atoms with E-state index < -0.39 is 9.84 Å². The van der Waals surface area contributed by atoms with Gasteiger partial charge in [-0.3, -0.25) is 4.99 Å². The van der Waals surface area contributed by atoms with Crippen LogP contribution in [0.3, 0.4) is 0 Å². The Morgan fingerprint density at radius 2 is 1.89 bits per heavy atom. The van der Waals surface area contributed by atoms with Crippen LogP contribution in [0.15, 0.2) is 47.5 Å². The minimum atomic E-state index is -3.10. The molecular formula is C19H18Cl2N2O3S2. The summed E-state index contributed by atoms with van der Waals surface area (Å²) < 4.78 is 29.7. The van der Waals surface area contributed by atoms with E-state index >= 15 is 0 Å². The van der Waals surface area contributed by atoms with Crippen LogP contribution in [0.2, 0.25) is 10.0 Å². The molecule has 0 unspecified atom stereocenters. The Hall–Kier alpha value is -1.41. The highest BCUT2D eigenvalue weighted by Crippen LogP contribution is 2.38. The van der Waals surface area contributed by atoms with Gasteiger partial charge in [0, 0.05) is 27.6 Å². The Kier molecular flexibility index (Phi) is 5.53. The van der Waals surface area contributed by atoms with Gasteiger partial charge in [0.05, 0.1) is 30.7 Å². The lowest BCUT2D eigenvalue weighted by atomic mass is 10.1. The van der Waals surface area contributed by atoms with E-state index in [9.17, 15) is 8.42 Å². The number of hydrogen-bond acceptors (Lipinski definition) is 6. The first-order valence-corrected chi connectivity index (χ1v) is 12.2. The van der Waals surface area contributed by atoms with Crippen molar-refractivity contribution in [2.24, 2.45) is 4.99 Å². The second kappa shape index (κ2) is 7.78. The number of anilines is 1. The molecule has 5 nitrogen and oxygen atoms in total. The molecule has 0 bridgehead atoms. The van der Waals surface area contributed by atoms with Crippen molar-refractivity contribution in [2.45, 2.75) is 17.8 Å². The van der Waals surface area contributed by atoms with Crippen LogP contribution in [0.4, 0.5) is 5.69 Å². The molecule has 0 aliphatic carbocycles. The van der Waals surface area contributed by atoms with Crippen LogP contribution in [0, 0.1) is 0 Å². The van der Waals surface area contributed by atoms with Crippen molar-refractivity contribution in [2.75, 3.05) is 23.5 Å². The lowest BCUT2D eigenvalue weighted by Gasteiger charge is -2.27. The van der Waals surface area contributed by atoms with Gasteiger partial charge in [0.15, 0.2) is 15.0 Å². The van der Waals surface area contributed by atoms with Gasteiger partial charge in [-0.15, -0.1) is 0 Å². The molecule has 148 valence electrons. The second-order valence-electron chi connectivity index (χ2n) is 6.68. The van der Waals surface area contributed by atoms with Crippen LogP contribution < -0.4 is 9.64 Å². The normalized spacial score (nSPS) is 22.8. The average Bonchev–Trinajstić information content (AvgIpc) is 3.12. The van der Waals surface area contributed by atoms with E-state index in [1.807, 2.05) is 35.2 Å². The predicted octanol–water partition coefficient (Wildman–Crippen LogP) is 4.28. The first-order chi connectivity index (χ1) is 13.4. The van der Waals surface area contributed by atoms with Gasteiger partial charge in [-0.05, 0) is 29.8 Å². The van der Waals surface area contributed by atoms with Gasteiger partial charge in [0.1, 0.15) is 5.75 Å². The predicted molar refractivity (Wildman–Crippen MR) is 117 cm³/mol. The van der Waals surface area contributed by atoms with Gasteiger partial charge >= 0.3 is 0 Å². The summed E-state index contributed by atoms with van der Waals surface area (Å²) in [5.41, 5.74) is 1.70. The zero-order valence-corrected chi connectivity index (χ0v) is 18.2. The number of nitrogens with zero attached hydrogens (tertiary/aromatic N) is 2. The lowest BCUT2D eigenvalue weighted by molar-refractivity contribution is 0.415. The highest BCUT2D eigenvalue weighted by molar-refractivity contribution is 8.13. The van der Waals surface area contributed by atoms with Crippen LogP contribution in [-0.4, -0.2) is 44.3 Å². The van der Waals surface area contributed by atoms with Crippen molar-refractivity contribution < 1.29 is 13.2 Å². The van der Waals surface area contributed by atoms with Crippen LogP contribution in [0.1, 0.15) is 5.56 Å². The van der Waals surface area contributed by atoms with E-state index in [2.05, 4.69) is 0 Å². The largest absolute Gasteiger partial charge is 0.497 e. The minimum Gasteiger partial charge on any atom is -0.497 e. The Morgan fingerprint density at radius 1 is 1.18 bits per heavy atom. The number of methoxy groups -OCH3 is 1. The molecule has 28 heavy (non-hydrogen) atoms. The third kappa shape index (κ3) is 3.85. The van der Waals surface area contributed by atoms with Gasteiger partial charge in [0.2, 0.25) is 0 Å². The van der Waals surface area contributed by atoms with E-state index in [0.29, 0.717) is 21.5 Å². The standard InChI is InChI=1S/C19H18Cl2N2O3S2/c1-26-13-5-2-4-12(8-13)23-18-11-28(24,25)10-17(18)22-19(23)27-9-14-15(20)6-3-7-16(14)21/h2-8,17-18H,9-11H2,1H3/t17-,18+/m0/s1. The van der Waals surface area contributed by atoms with E-state index in [1.165, 1.54) is 11.8 Å². The average molecular weight is 457 g/mol. The maximum atomic E-state index is 12.2. The fourth-order valence-corrected chi connectivity index (χ4v) is 7.21. The maximum absolute atomic E-state index is 12.2. The molecule has 0 amide bonds. The topological polar surface area (TPSA) is 59.0 Å². The van der Waals surface area contributed by atoms with Crippen molar-refractivity contribution in [3.8, 4) is 5.75 Å². The lowest BCUT2D eigenvalue weighted by Crippen LogP contribution is -2.39. The number of sulfone groups is 1. The summed E-state index contributed by atoms with van der Waals surface area (Å²) in [5.74, 6) is 1.43. The highest BCUT2D eigenvalue weighted by Gasteiger charge is 2.47. The number of benzene rings is 2. The van der Waals surface area contributed by atoms with E-state index in [1.54, 1.807) is 19.2 Å². The summed E-state index contributed by atoms with van der Waals surface area (Å²) in [6.07, 6.45) is 0. The molecule has 2 aromatic rings. The molecule has 0 aromatic heterocycles. The Balaban J connectivity index is 1.65. The quantitative estimate of drug-likeness (QED) is 0.686. The molecular weight excluding hydrogens is 439 g/mol. The van der Waals surface area contributed by atoms with E-state index in [-0.39, 0.29) is 23.6 Å². The molecule has 0 saturated carbocycles. The number of thioether (sulfide) groups is 1. The minimum absolute atomic E-state index is 0.0784. The molecule has 2 heterocycles. The van der Waals surface area contributed by atoms with E-state index in [4.69, 9.17) is 32.9 Å². The number of fused-ring (bicyclic) bond motifs is 1. The van der Waals surface area contributed by atoms with Gasteiger partial charge in [-0.1, -0.05) is 47.1 Å². The third-order valence-electron chi connectivity index (χ3n) is 4.85. The van der Waals surface area contributed by atoms with Gasteiger partial charge in [-0.2, -0.15) is 0 Å². The maximum Gasteiger partial charge on any atom is 0.164 e. The fraction of sp³-hybridized carbons (Fsp3) is 0.316. The summed E-state index contributed by atoms with van der Waals surface area (Å²) in [6, 6.07) is 12.5. The number of rotatable bonds is 4. The second-order valence-corrected chi connectivity index (χ2v) is 10.6. The van der Waals surface area contributed by atoms with Crippen molar-refractivity contribution in [1.29, 1.82) is 0 Å². The van der Waals surface area contributed by atoms with Crippen LogP contribution in [-0.2, 0) is 15.6 Å². The SMILES string of the molecule is COc1cccc(N2C(SCc3c(Cl)cccc3Cl)=N[C@H]3CS(=O)(=O)C[C@H]32)c1. The number of halogens is 2. The molecule has 0 spiro atoms. The first kappa shape index (κ1) is 19.9. The summed E-state index contributed by atoms with van der Waals surface area (Å²) in [6.45, 7) is 0. The molecule has 1 saturated heterocycles. The smallest absolute Gasteiger partial charge is 0.164 e. The molecule has 2 aliphatic rings. The molecule has 4 rings (SSSR count). The Labute approximate surface area is 178 Å². The molecule has 0 N–H and O–H groups in total. The first-order valence-electron chi connectivity index (χ1n) is 8.65. The number of ether oxygens (including phenoxy) is 1. The van der Waals surface area contributed by atoms with Crippen molar-refractivity contribution >= 4 is 55.7 Å². The highest BCUT2D eigenvalue weighted by atomic mass is 35.5. The molecule has 2 atom stereocenters. The summed E-state index contributed by atoms with van der Waals surface area (Å²) >= 11 is 14.1. The number of amidine groups is 1. The molecule has 2 aromatic carbocycles. The van der Waals surface area contributed by atoms with Gasteiger partial charge < -0.3 is 9.64 Å². The van der Waals surface area contributed by atoms with E-state index in [0.717, 1.165) is 16.4 Å². The Morgan fingerprint density at radius 3 is 2.61 bits per heavy atom. The van der Waals surface area contributed by atoms with Crippen LogP contribution in [0.25, 0.3) is 0 Å². The third-order valence-corrected chi connectivity index (χ3v) is 8.25.